The van der Waals surface area contributed by atoms with Gasteiger partial charge in [-0.1, -0.05) is 37.8 Å². The van der Waals surface area contributed by atoms with Crippen molar-refractivity contribution >= 4 is 27.6 Å². The fourth-order valence-electron chi connectivity index (χ4n) is 2.80. The Kier molecular flexibility index (Phi) is 5.46. The lowest BCUT2D eigenvalue weighted by Crippen LogP contribution is -2.47. The maximum Gasteiger partial charge on any atom is 0.331 e. The topological polar surface area (TPSA) is 38.3 Å². The summed E-state index contributed by atoms with van der Waals surface area (Å²) in [7, 11) is 0. The van der Waals surface area contributed by atoms with E-state index in [1.807, 2.05) is 31.2 Å². The Morgan fingerprint density at radius 2 is 1.90 bits per heavy atom. The van der Waals surface area contributed by atoms with E-state index in [4.69, 9.17) is 4.74 Å². The third-order valence-corrected chi connectivity index (χ3v) is 4.56. The number of ether oxygens (including phenoxy) is 1. The molecule has 2 rings (SSSR count). The summed E-state index contributed by atoms with van der Waals surface area (Å²) in [6.07, 6.45) is 6.20. The molecule has 0 spiro atoms. The normalized spacial score (nSPS) is 18.1. The quantitative estimate of drug-likeness (QED) is 0.647. The SMILES string of the molecule is CCOC(=O)C1(Nc2ccccc2Br)CCCCCC1. The summed E-state index contributed by atoms with van der Waals surface area (Å²) < 4.78 is 6.32. The number of rotatable bonds is 4. The van der Waals surface area contributed by atoms with E-state index in [2.05, 4.69) is 21.2 Å². The van der Waals surface area contributed by atoms with Crippen LogP contribution < -0.4 is 5.32 Å². The van der Waals surface area contributed by atoms with Gasteiger partial charge in [-0.05, 0) is 47.8 Å². The number of hydrogen-bond donors (Lipinski definition) is 1. The second-order valence-electron chi connectivity index (χ2n) is 5.32. The molecule has 1 aliphatic carbocycles. The summed E-state index contributed by atoms with van der Waals surface area (Å²) in [5.41, 5.74) is 0.388. The van der Waals surface area contributed by atoms with Crippen molar-refractivity contribution in [3.05, 3.63) is 28.7 Å². The van der Waals surface area contributed by atoms with E-state index in [-0.39, 0.29) is 5.97 Å². The van der Waals surface area contributed by atoms with Gasteiger partial charge in [-0.2, -0.15) is 0 Å². The molecule has 3 nitrogen and oxygen atoms in total. The Balaban J connectivity index is 2.26. The van der Waals surface area contributed by atoms with Gasteiger partial charge in [0.15, 0.2) is 0 Å². The molecule has 1 aliphatic rings. The number of halogens is 1. The number of benzene rings is 1. The highest BCUT2D eigenvalue weighted by Crippen LogP contribution is 2.34. The van der Waals surface area contributed by atoms with E-state index < -0.39 is 5.54 Å². The van der Waals surface area contributed by atoms with E-state index >= 15 is 0 Å². The molecule has 20 heavy (non-hydrogen) atoms. The first-order valence-electron chi connectivity index (χ1n) is 7.38. The Labute approximate surface area is 129 Å². The lowest BCUT2D eigenvalue weighted by molar-refractivity contribution is -0.149. The van der Waals surface area contributed by atoms with Gasteiger partial charge in [0.1, 0.15) is 5.54 Å². The van der Waals surface area contributed by atoms with Crippen LogP contribution >= 0.6 is 15.9 Å². The van der Waals surface area contributed by atoms with Gasteiger partial charge < -0.3 is 10.1 Å². The van der Waals surface area contributed by atoms with Crippen LogP contribution in [-0.4, -0.2) is 18.1 Å². The zero-order valence-electron chi connectivity index (χ0n) is 12.0. The summed E-state index contributed by atoms with van der Waals surface area (Å²) in [5.74, 6) is -0.113. The molecular weight excluding hydrogens is 318 g/mol. The number of anilines is 1. The molecule has 1 saturated carbocycles. The molecule has 110 valence electrons. The Morgan fingerprint density at radius 3 is 2.50 bits per heavy atom. The summed E-state index contributed by atoms with van der Waals surface area (Å²) in [5, 5.41) is 3.47. The second kappa shape index (κ2) is 7.11. The van der Waals surface area contributed by atoms with Crippen LogP contribution in [0.1, 0.15) is 45.4 Å². The fraction of sp³-hybridized carbons (Fsp3) is 0.562. The van der Waals surface area contributed by atoms with Gasteiger partial charge in [-0.15, -0.1) is 0 Å². The van der Waals surface area contributed by atoms with Crippen molar-refractivity contribution in [2.45, 2.75) is 51.0 Å². The van der Waals surface area contributed by atoms with Crippen LogP contribution in [0.15, 0.2) is 28.7 Å². The minimum absolute atomic E-state index is 0.113. The predicted molar refractivity (Wildman–Crippen MR) is 84.8 cm³/mol. The van der Waals surface area contributed by atoms with Crippen molar-refractivity contribution in [2.24, 2.45) is 0 Å². The third kappa shape index (κ3) is 3.54. The summed E-state index contributed by atoms with van der Waals surface area (Å²) >= 11 is 3.54. The van der Waals surface area contributed by atoms with Crippen LogP contribution in [0, 0.1) is 0 Å². The highest BCUT2D eigenvalue weighted by Gasteiger charge is 2.40. The number of para-hydroxylation sites is 1. The van der Waals surface area contributed by atoms with Gasteiger partial charge in [0.25, 0.3) is 0 Å². The Bertz CT molecular complexity index is 454. The van der Waals surface area contributed by atoms with Crippen LogP contribution in [0.4, 0.5) is 5.69 Å². The highest BCUT2D eigenvalue weighted by molar-refractivity contribution is 9.10. The van der Waals surface area contributed by atoms with Gasteiger partial charge in [-0.3, -0.25) is 0 Å². The lowest BCUT2D eigenvalue weighted by Gasteiger charge is -2.32. The van der Waals surface area contributed by atoms with Crippen molar-refractivity contribution in [3.63, 3.8) is 0 Å². The van der Waals surface area contributed by atoms with Gasteiger partial charge >= 0.3 is 5.97 Å². The molecule has 0 atom stereocenters. The van der Waals surface area contributed by atoms with Crippen LogP contribution in [0.25, 0.3) is 0 Å². The first kappa shape index (κ1) is 15.4. The minimum atomic E-state index is -0.573. The molecule has 0 amide bonds. The van der Waals surface area contributed by atoms with E-state index in [0.29, 0.717) is 6.61 Å². The Morgan fingerprint density at radius 1 is 1.25 bits per heavy atom. The van der Waals surface area contributed by atoms with Gasteiger partial charge in [0.05, 0.1) is 6.61 Å². The van der Waals surface area contributed by atoms with Crippen molar-refractivity contribution in [1.29, 1.82) is 0 Å². The average Bonchev–Trinajstić information content (AvgIpc) is 2.68. The molecule has 0 unspecified atom stereocenters. The smallest absolute Gasteiger partial charge is 0.331 e. The van der Waals surface area contributed by atoms with Crippen LogP contribution in [-0.2, 0) is 9.53 Å². The fourth-order valence-corrected chi connectivity index (χ4v) is 3.19. The number of carbonyl (C=O) groups is 1. The number of esters is 1. The summed E-state index contributed by atoms with van der Waals surface area (Å²) in [6, 6.07) is 7.93. The molecule has 0 radical (unpaired) electrons. The highest BCUT2D eigenvalue weighted by atomic mass is 79.9. The number of hydrogen-bond acceptors (Lipinski definition) is 3. The molecule has 1 aromatic carbocycles. The average molecular weight is 340 g/mol. The molecule has 0 bridgehead atoms. The second-order valence-corrected chi connectivity index (χ2v) is 6.18. The van der Waals surface area contributed by atoms with Gasteiger partial charge in [-0.25, -0.2) is 4.79 Å². The zero-order chi connectivity index (χ0) is 14.4. The third-order valence-electron chi connectivity index (χ3n) is 3.87. The molecule has 0 aliphatic heterocycles. The first-order chi connectivity index (χ1) is 9.68. The van der Waals surface area contributed by atoms with Crippen molar-refractivity contribution in [1.82, 2.24) is 0 Å². The molecule has 4 heteroatoms. The first-order valence-corrected chi connectivity index (χ1v) is 8.17. The van der Waals surface area contributed by atoms with E-state index in [0.717, 1.165) is 35.8 Å². The minimum Gasteiger partial charge on any atom is -0.464 e. The Hall–Kier alpha value is -1.03. The van der Waals surface area contributed by atoms with Crippen molar-refractivity contribution in [3.8, 4) is 0 Å². The lowest BCUT2D eigenvalue weighted by atomic mass is 9.89. The van der Waals surface area contributed by atoms with Gasteiger partial charge in [0, 0.05) is 10.2 Å². The standard InChI is InChI=1S/C16H22BrNO2/c1-2-20-15(19)16(11-7-3-4-8-12-16)18-14-10-6-5-9-13(14)17/h5-6,9-10,18H,2-4,7-8,11-12H2,1H3. The van der Waals surface area contributed by atoms with Crippen molar-refractivity contribution < 1.29 is 9.53 Å². The van der Waals surface area contributed by atoms with Crippen LogP contribution in [0.2, 0.25) is 0 Å². The summed E-state index contributed by atoms with van der Waals surface area (Å²) in [4.78, 5) is 12.5. The molecule has 1 aromatic rings. The monoisotopic (exact) mass is 339 g/mol. The molecule has 0 aromatic heterocycles. The molecular formula is C16H22BrNO2. The van der Waals surface area contributed by atoms with E-state index in [9.17, 15) is 4.79 Å². The van der Waals surface area contributed by atoms with Crippen LogP contribution in [0.5, 0.6) is 0 Å². The van der Waals surface area contributed by atoms with E-state index in [1.54, 1.807) is 0 Å². The molecule has 1 N–H and O–H groups in total. The maximum atomic E-state index is 12.5. The zero-order valence-corrected chi connectivity index (χ0v) is 13.5. The van der Waals surface area contributed by atoms with E-state index in [1.165, 1.54) is 12.8 Å². The number of carbonyl (C=O) groups excluding carboxylic acids is 1. The predicted octanol–water partition coefficient (Wildman–Crippen LogP) is 4.52. The maximum absolute atomic E-state index is 12.5. The van der Waals surface area contributed by atoms with Crippen molar-refractivity contribution in [2.75, 3.05) is 11.9 Å². The molecule has 1 fully saturated rings. The summed E-state index contributed by atoms with van der Waals surface area (Å²) in [6.45, 7) is 2.29. The largest absolute Gasteiger partial charge is 0.464 e. The molecule has 0 saturated heterocycles. The van der Waals surface area contributed by atoms with Crippen LogP contribution in [0.3, 0.4) is 0 Å². The molecule has 0 heterocycles. The van der Waals surface area contributed by atoms with Gasteiger partial charge in [0.2, 0.25) is 0 Å². The number of nitrogens with one attached hydrogen (secondary N) is 1.